The van der Waals surface area contributed by atoms with E-state index in [0.29, 0.717) is 0 Å². The molecule has 0 spiro atoms. The Hall–Kier alpha value is -2.52. The molecule has 0 aliphatic rings. The van der Waals surface area contributed by atoms with Crippen LogP contribution in [0.2, 0.25) is 0 Å². The van der Waals surface area contributed by atoms with Crippen molar-refractivity contribution in [2.75, 3.05) is 12.3 Å². The van der Waals surface area contributed by atoms with Gasteiger partial charge in [0.1, 0.15) is 5.75 Å². The quantitative estimate of drug-likeness (QED) is 0.228. The number of nitrogens with zero attached hydrogens (tertiary/aromatic N) is 3. The van der Waals surface area contributed by atoms with Gasteiger partial charge in [0.05, 0.1) is 5.56 Å². The molecule has 0 bridgehead atoms. The van der Waals surface area contributed by atoms with Gasteiger partial charge in [0, 0.05) is 23.6 Å². The number of benzene rings is 1. The molecule has 0 fully saturated rings. The Labute approximate surface area is 106 Å². The summed E-state index contributed by atoms with van der Waals surface area (Å²) < 4.78 is 40.3. The van der Waals surface area contributed by atoms with Crippen molar-refractivity contribution < 1.29 is 17.9 Å². The van der Waals surface area contributed by atoms with Crippen LogP contribution in [0.1, 0.15) is 12.0 Å². The lowest BCUT2D eigenvalue weighted by molar-refractivity contribution is -0.274. The zero-order valence-corrected chi connectivity index (χ0v) is 9.61. The van der Waals surface area contributed by atoms with E-state index in [1.54, 1.807) is 0 Å². The molecule has 0 aromatic heterocycles. The fourth-order valence-electron chi connectivity index (χ4n) is 1.17. The lowest BCUT2D eigenvalue weighted by atomic mass is 10.2. The Bertz CT molecular complexity index is 553. The maximum absolute atomic E-state index is 12.2. The third-order valence-electron chi connectivity index (χ3n) is 1.85. The summed E-state index contributed by atoms with van der Waals surface area (Å²) in [5.74, 6) is 4.65. The minimum atomic E-state index is -4.79. The van der Waals surface area contributed by atoms with Crippen LogP contribution >= 0.6 is 0 Å². The maximum atomic E-state index is 12.2. The van der Waals surface area contributed by atoms with Gasteiger partial charge in [-0.2, -0.15) is 0 Å². The van der Waals surface area contributed by atoms with Gasteiger partial charge in [0.25, 0.3) is 0 Å². The first kappa shape index (κ1) is 14.5. The number of nitrogens with two attached hydrogens (primary N) is 1. The lowest BCUT2D eigenvalue weighted by Gasteiger charge is -2.10. The third-order valence-corrected chi connectivity index (χ3v) is 1.85. The average molecular weight is 270 g/mol. The van der Waals surface area contributed by atoms with E-state index in [2.05, 4.69) is 26.6 Å². The summed E-state index contributed by atoms with van der Waals surface area (Å²) in [5, 5.41) is 3.24. The zero-order chi connectivity index (χ0) is 14.3. The van der Waals surface area contributed by atoms with Crippen molar-refractivity contribution in [3.63, 3.8) is 0 Å². The molecule has 1 aromatic rings. The summed E-state index contributed by atoms with van der Waals surface area (Å²) in [7, 11) is 0. The second-order valence-corrected chi connectivity index (χ2v) is 3.31. The summed E-state index contributed by atoms with van der Waals surface area (Å²) >= 11 is 0. The zero-order valence-electron chi connectivity index (χ0n) is 9.61. The van der Waals surface area contributed by atoms with Crippen LogP contribution in [0.4, 0.5) is 18.9 Å². The molecule has 100 valence electrons. The van der Waals surface area contributed by atoms with Crippen molar-refractivity contribution in [2.45, 2.75) is 12.8 Å². The number of anilines is 1. The second-order valence-electron chi connectivity index (χ2n) is 3.31. The van der Waals surface area contributed by atoms with Gasteiger partial charge < -0.3 is 10.5 Å². The molecule has 0 heterocycles. The summed E-state index contributed by atoms with van der Waals surface area (Å²) in [5.41, 5.74) is 13.8. The van der Waals surface area contributed by atoms with Crippen molar-refractivity contribution in [3.05, 3.63) is 34.2 Å². The maximum Gasteiger partial charge on any atom is 0.573 e. The second kappa shape index (κ2) is 6.42. The number of nitrogen functional groups attached to an aromatic ring is 1. The Kier molecular flexibility index (Phi) is 4.92. The number of halogens is 3. The van der Waals surface area contributed by atoms with E-state index >= 15 is 0 Å². The highest BCUT2D eigenvalue weighted by atomic mass is 19.4. The smallest absolute Gasteiger partial charge is 0.404 e. The molecule has 0 unspecified atom stereocenters. The predicted octanol–water partition coefficient (Wildman–Crippen LogP) is 3.22. The van der Waals surface area contributed by atoms with Crippen molar-refractivity contribution in [3.8, 4) is 17.6 Å². The molecule has 0 aliphatic carbocycles. The van der Waals surface area contributed by atoms with Gasteiger partial charge in [-0.3, -0.25) is 0 Å². The van der Waals surface area contributed by atoms with E-state index in [0.717, 1.165) is 6.07 Å². The molecule has 1 aromatic carbocycles. The van der Waals surface area contributed by atoms with Gasteiger partial charge >= 0.3 is 6.36 Å². The largest absolute Gasteiger partial charge is 0.573 e. The SMILES string of the molecule is [N-]=[N+]=NCCC#Cc1cc(N)ccc1OC(F)(F)F. The standard InChI is InChI=1S/C11H9F3N4O/c12-11(13,14)19-10-5-4-9(15)7-8(10)3-1-2-6-17-18-16/h4-5,7H,2,6,15H2. The minimum absolute atomic E-state index is 0.0262. The van der Waals surface area contributed by atoms with E-state index in [1.165, 1.54) is 12.1 Å². The highest BCUT2D eigenvalue weighted by Gasteiger charge is 2.31. The summed E-state index contributed by atoms with van der Waals surface area (Å²) in [6.07, 6.45) is -4.57. The fourth-order valence-corrected chi connectivity index (χ4v) is 1.17. The number of ether oxygens (including phenoxy) is 1. The fraction of sp³-hybridized carbons (Fsp3) is 0.273. The van der Waals surface area contributed by atoms with Crippen molar-refractivity contribution in [2.24, 2.45) is 5.11 Å². The number of hydrogen-bond acceptors (Lipinski definition) is 3. The first-order valence-corrected chi connectivity index (χ1v) is 5.07. The summed E-state index contributed by atoms with van der Waals surface area (Å²) in [4.78, 5) is 2.52. The molecule has 0 saturated heterocycles. The Morgan fingerprint density at radius 1 is 1.42 bits per heavy atom. The summed E-state index contributed by atoms with van der Waals surface area (Å²) in [6, 6.07) is 3.66. The Morgan fingerprint density at radius 2 is 2.16 bits per heavy atom. The van der Waals surface area contributed by atoms with Crippen molar-refractivity contribution >= 4 is 5.69 Å². The first-order valence-electron chi connectivity index (χ1n) is 5.07. The average Bonchev–Trinajstić information content (AvgIpc) is 2.30. The monoisotopic (exact) mass is 270 g/mol. The van der Waals surface area contributed by atoms with Crippen LogP contribution < -0.4 is 10.5 Å². The van der Waals surface area contributed by atoms with E-state index in [4.69, 9.17) is 11.3 Å². The molecule has 19 heavy (non-hydrogen) atoms. The molecule has 0 aliphatic heterocycles. The van der Waals surface area contributed by atoms with E-state index < -0.39 is 12.1 Å². The van der Waals surface area contributed by atoms with E-state index in [1.807, 2.05) is 0 Å². The van der Waals surface area contributed by atoms with Crippen LogP contribution in [-0.4, -0.2) is 12.9 Å². The van der Waals surface area contributed by atoms with Gasteiger partial charge in [0.2, 0.25) is 0 Å². The molecule has 0 saturated carbocycles. The molecule has 1 rings (SSSR count). The molecule has 5 nitrogen and oxygen atoms in total. The van der Waals surface area contributed by atoms with Crippen LogP contribution in [-0.2, 0) is 0 Å². The van der Waals surface area contributed by atoms with Crippen LogP contribution in [0.3, 0.4) is 0 Å². The molecule has 0 amide bonds. The van der Waals surface area contributed by atoms with Crippen LogP contribution in [0.25, 0.3) is 10.4 Å². The Balaban J connectivity index is 2.91. The third kappa shape index (κ3) is 5.57. The molecular formula is C11H9F3N4O. The van der Waals surface area contributed by atoms with Crippen molar-refractivity contribution in [1.29, 1.82) is 0 Å². The van der Waals surface area contributed by atoms with Crippen LogP contribution in [0.5, 0.6) is 5.75 Å². The first-order chi connectivity index (χ1) is 8.92. The number of alkyl halides is 3. The molecule has 0 radical (unpaired) electrons. The van der Waals surface area contributed by atoms with Gasteiger partial charge in [0.15, 0.2) is 0 Å². The normalized spacial score (nSPS) is 10.1. The van der Waals surface area contributed by atoms with Gasteiger partial charge in [-0.1, -0.05) is 17.0 Å². The van der Waals surface area contributed by atoms with Gasteiger partial charge in [-0.25, -0.2) is 0 Å². The topological polar surface area (TPSA) is 84.0 Å². The highest BCUT2D eigenvalue weighted by molar-refractivity contribution is 5.54. The number of rotatable bonds is 3. The number of azide groups is 1. The van der Waals surface area contributed by atoms with Crippen molar-refractivity contribution in [1.82, 2.24) is 0 Å². The molecule has 0 atom stereocenters. The number of hydrogen-bond donors (Lipinski definition) is 1. The highest BCUT2D eigenvalue weighted by Crippen LogP contribution is 2.27. The van der Waals surface area contributed by atoms with Gasteiger partial charge in [-0.05, 0) is 23.7 Å². The van der Waals surface area contributed by atoms with E-state index in [9.17, 15) is 13.2 Å². The van der Waals surface area contributed by atoms with E-state index in [-0.39, 0.29) is 24.2 Å². The minimum Gasteiger partial charge on any atom is -0.404 e. The summed E-state index contributed by atoms with van der Waals surface area (Å²) in [6.45, 7) is 0.140. The molecule has 2 N–H and O–H groups in total. The Morgan fingerprint density at radius 3 is 2.79 bits per heavy atom. The predicted molar refractivity (Wildman–Crippen MR) is 63.0 cm³/mol. The van der Waals surface area contributed by atoms with Gasteiger partial charge in [-0.15, -0.1) is 13.2 Å². The van der Waals surface area contributed by atoms with Crippen LogP contribution in [0.15, 0.2) is 23.3 Å². The molecular weight excluding hydrogens is 261 g/mol. The van der Waals surface area contributed by atoms with Crippen LogP contribution in [0, 0.1) is 11.8 Å². The molecule has 8 heteroatoms. The lowest BCUT2D eigenvalue weighted by Crippen LogP contribution is -2.17.